The number of carbonyl (C=O) groups is 1. The molecule has 6 nitrogen and oxygen atoms in total. The third-order valence-corrected chi connectivity index (χ3v) is 4.97. The molecule has 0 aromatic heterocycles. The quantitative estimate of drug-likeness (QED) is 0.648. The van der Waals surface area contributed by atoms with E-state index in [1.165, 1.54) is 0 Å². The predicted molar refractivity (Wildman–Crippen MR) is 62.4 cm³/mol. The zero-order valence-electron chi connectivity index (χ0n) is 9.65. The number of rotatable bonds is 3. The summed E-state index contributed by atoms with van der Waals surface area (Å²) < 4.78 is 27.7. The van der Waals surface area contributed by atoms with Gasteiger partial charge in [-0.25, -0.2) is 8.42 Å². The van der Waals surface area contributed by atoms with E-state index in [-0.39, 0.29) is 29.4 Å². The summed E-state index contributed by atoms with van der Waals surface area (Å²) in [6.07, 6.45) is 0.650. The van der Waals surface area contributed by atoms with Crippen molar-refractivity contribution in [3.8, 4) is 0 Å². The maximum Gasteiger partial charge on any atom is 0.239 e. The van der Waals surface area contributed by atoms with Crippen LogP contribution in [-0.2, 0) is 19.4 Å². The molecule has 2 heterocycles. The topological polar surface area (TPSA) is 84.5 Å². The number of ether oxygens (including phenoxy) is 1. The Kier molecular flexibility index (Phi) is 4.01. The van der Waals surface area contributed by atoms with Crippen LogP contribution >= 0.6 is 0 Å². The normalized spacial score (nSPS) is 32.2. The van der Waals surface area contributed by atoms with E-state index in [4.69, 9.17) is 4.74 Å². The molecule has 0 spiro atoms. The lowest BCUT2D eigenvalue weighted by atomic mass is 10.1. The second-order valence-corrected chi connectivity index (χ2v) is 6.82. The molecule has 0 aliphatic carbocycles. The lowest BCUT2D eigenvalue weighted by Crippen LogP contribution is -2.51. The second kappa shape index (κ2) is 5.32. The fraction of sp³-hybridized carbons (Fsp3) is 0.900. The molecule has 98 valence electrons. The van der Waals surface area contributed by atoms with Gasteiger partial charge in [0.25, 0.3) is 0 Å². The summed E-state index contributed by atoms with van der Waals surface area (Å²) in [5.41, 5.74) is 0. The summed E-state index contributed by atoms with van der Waals surface area (Å²) in [6, 6.07) is -0.304. The van der Waals surface area contributed by atoms with Crippen LogP contribution in [-0.4, -0.2) is 58.2 Å². The van der Waals surface area contributed by atoms with Crippen molar-refractivity contribution in [1.29, 1.82) is 0 Å². The van der Waals surface area contributed by atoms with Crippen LogP contribution in [0, 0.1) is 5.92 Å². The Morgan fingerprint density at radius 2 is 2.29 bits per heavy atom. The van der Waals surface area contributed by atoms with Crippen molar-refractivity contribution < 1.29 is 17.9 Å². The van der Waals surface area contributed by atoms with Gasteiger partial charge in [0.05, 0.1) is 24.7 Å². The molecule has 2 aliphatic heterocycles. The summed E-state index contributed by atoms with van der Waals surface area (Å²) in [5, 5.41) is 5.84. The highest BCUT2D eigenvalue weighted by molar-refractivity contribution is 7.91. The molecule has 2 atom stereocenters. The van der Waals surface area contributed by atoms with Gasteiger partial charge in [-0.3, -0.25) is 4.79 Å². The lowest BCUT2D eigenvalue weighted by molar-refractivity contribution is -0.126. The molecule has 1 amide bonds. The van der Waals surface area contributed by atoms with Gasteiger partial charge in [0.15, 0.2) is 9.84 Å². The molecule has 0 aromatic rings. The van der Waals surface area contributed by atoms with E-state index in [1.807, 2.05) is 0 Å². The predicted octanol–water partition coefficient (Wildman–Crippen LogP) is -1.47. The Balaban J connectivity index is 1.73. The Hall–Kier alpha value is -0.660. The lowest BCUT2D eigenvalue weighted by Gasteiger charge is -2.23. The Bertz CT molecular complexity index is 376. The average Bonchev–Trinajstić information content (AvgIpc) is 2.67. The summed E-state index contributed by atoms with van der Waals surface area (Å²) in [4.78, 5) is 11.7. The van der Waals surface area contributed by atoms with Crippen LogP contribution in [0.4, 0.5) is 0 Å². The van der Waals surface area contributed by atoms with Crippen molar-refractivity contribution in [1.82, 2.24) is 10.6 Å². The third kappa shape index (κ3) is 3.65. The summed E-state index contributed by atoms with van der Waals surface area (Å²) in [6.45, 7) is 2.13. The summed E-state index contributed by atoms with van der Waals surface area (Å²) >= 11 is 0. The van der Waals surface area contributed by atoms with E-state index >= 15 is 0 Å². The molecule has 0 saturated carbocycles. The molecule has 7 heteroatoms. The van der Waals surface area contributed by atoms with Crippen molar-refractivity contribution in [2.45, 2.75) is 12.5 Å². The van der Waals surface area contributed by atoms with E-state index in [0.29, 0.717) is 32.7 Å². The van der Waals surface area contributed by atoms with Crippen molar-refractivity contribution in [2.75, 3.05) is 37.8 Å². The highest BCUT2D eigenvalue weighted by Crippen LogP contribution is 2.17. The van der Waals surface area contributed by atoms with Crippen LogP contribution in [0.15, 0.2) is 0 Å². The largest absolute Gasteiger partial charge is 0.378 e. The highest BCUT2D eigenvalue weighted by atomic mass is 32.2. The Morgan fingerprint density at radius 1 is 1.47 bits per heavy atom. The standard InChI is InChI=1S/C10H18N2O4S/c13-10(9-6-16-3-2-11-9)12-5-8-1-4-17(14,15)7-8/h8-9,11H,1-7H2,(H,12,13). The molecule has 2 aliphatic rings. The first-order valence-electron chi connectivity index (χ1n) is 5.86. The van der Waals surface area contributed by atoms with Crippen LogP contribution in [0.5, 0.6) is 0 Å². The maximum atomic E-state index is 11.7. The molecule has 0 bridgehead atoms. The average molecular weight is 262 g/mol. The van der Waals surface area contributed by atoms with Crippen molar-refractivity contribution in [2.24, 2.45) is 5.92 Å². The van der Waals surface area contributed by atoms with Crippen LogP contribution in [0.1, 0.15) is 6.42 Å². The van der Waals surface area contributed by atoms with Gasteiger partial charge in [-0.15, -0.1) is 0 Å². The van der Waals surface area contributed by atoms with Gasteiger partial charge in [-0.05, 0) is 12.3 Å². The Labute approximate surface area is 101 Å². The second-order valence-electron chi connectivity index (χ2n) is 4.60. The van der Waals surface area contributed by atoms with Crippen molar-refractivity contribution in [3.05, 3.63) is 0 Å². The molecule has 0 aromatic carbocycles. The van der Waals surface area contributed by atoms with Gasteiger partial charge in [-0.1, -0.05) is 0 Å². The number of morpholine rings is 1. The maximum absolute atomic E-state index is 11.7. The smallest absolute Gasteiger partial charge is 0.239 e. The third-order valence-electron chi connectivity index (χ3n) is 3.13. The molecule has 2 N–H and O–H groups in total. The van der Waals surface area contributed by atoms with E-state index in [1.54, 1.807) is 0 Å². The van der Waals surface area contributed by atoms with Gasteiger partial charge in [-0.2, -0.15) is 0 Å². The van der Waals surface area contributed by atoms with Gasteiger partial charge in [0.1, 0.15) is 6.04 Å². The minimum Gasteiger partial charge on any atom is -0.378 e. The molecular formula is C10H18N2O4S. The number of amides is 1. The van der Waals surface area contributed by atoms with Gasteiger partial charge in [0.2, 0.25) is 5.91 Å². The van der Waals surface area contributed by atoms with Crippen LogP contribution < -0.4 is 10.6 Å². The summed E-state index contributed by atoms with van der Waals surface area (Å²) in [5.74, 6) is 0.405. The number of sulfone groups is 1. The van der Waals surface area contributed by atoms with E-state index < -0.39 is 9.84 Å². The minimum absolute atomic E-state index is 0.0634. The van der Waals surface area contributed by atoms with Gasteiger partial charge in [0, 0.05) is 13.1 Å². The molecule has 2 saturated heterocycles. The van der Waals surface area contributed by atoms with E-state index in [0.717, 1.165) is 0 Å². The minimum atomic E-state index is -2.86. The molecule has 0 radical (unpaired) electrons. The molecule has 17 heavy (non-hydrogen) atoms. The number of carbonyl (C=O) groups excluding carboxylic acids is 1. The van der Waals surface area contributed by atoms with Crippen LogP contribution in [0.2, 0.25) is 0 Å². The molecule has 2 fully saturated rings. The Morgan fingerprint density at radius 3 is 2.88 bits per heavy atom. The highest BCUT2D eigenvalue weighted by Gasteiger charge is 2.29. The first kappa shape index (κ1) is 12.8. The van der Waals surface area contributed by atoms with Gasteiger partial charge >= 0.3 is 0 Å². The molecule has 2 unspecified atom stereocenters. The number of hydrogen-bond donors (Lipinski definition) is 2. The van der Waals surface area contributed by atoms with E-state index in [9.17, 15) is 13.2 Å². The van der Waals surface area contributed by atoms with Gasteiger partial charge < -0.3 is 15.4 Å². The monoisotopic (exact) mass is 262 g/mol. The fourth-order valence-corrected chi connectivity index (χ4v) is 4.00. The first-order valence-corrected chi connectivity index (χ1v) is 7.68. The number of nitrogens with one attached hydrogen (secondary N) is 2. The van der Waals surface area contributed by atoms with Crippen LogP contribution in [0.3, 0.4) is 0 Å². The zero-order chi connectivity index (χ0) is 12.3. The number of hydrogen-bond acceptors (Lipinski definition) is 5. The van der Waals surface area contributed by atoms with Crippen molar-refractivity contribution in [3.63, 3.8) is 0 Å². The van der Waals surface area contributed by atoms with Crippen LogP contribution in [0.25, 0.3) is 0 Å². The summed E-state index contributed by atoms with van der Waals surface area (Å²) in [7, 11) is -2.86. The molecular weight excluding hydrogens is 244 g/mol. The SMILES string of the molecule is O=C(NCC1CCS(=O)(=O)C1)C1COCCN1. The van der Waals surface area contributed by atoms with E-state index in [2.05, 4.69) is 10.6 Å². The first-order chi connectivity index (χ1) is 8.07. The fourth-order valence-electron chi connectivity index (χ4n) is 2.13. The zero-order valence-corrected chi connectivity index (χ0v) is 10.5. The van der Waals surface area contributed by atoms with Crippen molar-refractivity contribution >= 4 is 15.7 Å². The molecule has 2 rings (SSSR count).